The van der Waals surface area contributed by atoms with Crippen LogP contribution >= 0.6 is 11.3 Å². The molecule has 5 heteroatoms. The maximum absolute atomic E-state index is 13.0. The molecule has 2 amide bonds. The van der Waals surface area contributed by atoms with Crippen LogP contribution in [0.1, 0.15) is 47.3 Å². The van der Waals surface area contributed by atoms with Crippen LogP contribution in [0.15, 0.2) is 11.4 Å². The van der Waals surface area contributed by atoms with Crippen molar-refractivity contribution < 1.29 is 9.59 Å². The molecule has 1 atom stereocenters. The van der Waals surface area contributed by atoms with Gasteiger partial charge in [-0.2, -0.15) is 0 Å². The van der Waals surface area contributed by atoms with Crippen LogP contribution in [0.5, 0.6) is 0 Å². The topological polar surface area (TPSA) is 40.6 Å². The number of carbonyl (C=O) groups is 2. The van der Waals surface area contributed by atoms with Crippen LogP contribution in [0.2, 0.25) is 0 Å². The third kappa shape index (κ3) is 2.69. The molecule has 0 bridgehead atoms. The van der Waals surface area contributed by atoms with Gasteiger partial charge in [-0.1, -0.05) is 0 Å². The first-order valence-electron chi connectivity index (χ1n) is 8.72. The van der Waals surface area contributed by atoms with E-state index in [1.54, 1.807) is 0 Å². The molecule has 1 aliphatic carbocycles. The van der Waals surface area contributed by atoms with Crippen molar-refractivity contribution in [3.8, 4) is 0 Å². The number of hydrogen-bond acceptors (Lipinski definition) is 3. The van der Waals surface area contributed by atoms with Crippen LogP contribution in [-0.4, -0.2) is 47.8 Å². The Hall–Kier alpha value is -1.36. The van der Waals surface area contributed by atoms with Gasteiger partial charge < -0.3 is 9.80 Å². The highest BCUT2D eigenvalue weighted by molar-refractivity contribution is 7.12. The van der Waals surface area contributed by atoms with Gasteiger partial charge in [-0.3, -0.25) is 9.59 Å². The normalized spacial score (nSPS) is 28.0. The van der Waals surface area contributed by atoms with Gasteiger partial charge in [0.1, 0.15) is 0 Å². The van der Waals surface area contributed by atoms with E-state index in [9.17, 15) is 9.59 Å². The molecule has 3 aliphatic rings. The fourth-order valence-electron chi connectivity index (χ4n) is 4.10. The lowest BCUT2D eigenvalue weighted by Gasteiger charge is -2.39. The van der Waals surface area contributed by atoms with Gasteiger partial charge in [0.25, 0.3) is 5.91 Å². The molecule has 3 heterocycles. The zero-order chi connectivity index (χ0) is 16.0. The first-order valence-corrected chi connectivity index (χ1v) is 9.60. The molecule has 1 spiro atoms. The van der Waals surface area contributed by atoms with E-state index in [-0.39, 0.29) is 11.3 Å². The van der Waals surface area contributed by atoms with Gasteiger partial charge in [-0.25, -0.2) is 0 Å². The largest absolute Gasteiger partial charge is 0.342 e. The predicted octanol–water partition coefficient (Wildman–Crippen LogP) is 2.92. The second kappa shape index (κ2) is 5.62. The summed E-state index contributed by atoms with van der Waals surface area (Å²) < 4.78 is 0. The van der Waals surface area contributed by atoms with Gasteiger partial charge in [0, 0.05) is 26.2 Å². The zero-order valence-corrected chi connectivity index (χ0v) is 14.5. The zero-order valence-electron chi connectivity index (χ0n) is 13.7. The highest BCUT2D eigenvalue weighted by Gasteiger charge is 2.50. The van der Waals surface area contributed by atoms with E-state index in [1.165, 1.54) is 24.2 Å². The number of aryl methyl sites for hydroxylation is 1. The summed E-state index contributed by atoms with van der Waals surface area (Å²) >= 11 is 1.51. The fourth-order valence-corrected chi connectivity index (χ4v) is 4.99. The van der Waals surface area contributed by atoms with Gasteiger partial charge in [-0.05, 0) is 62.0 Å². The Morgan fingerprint density at radius 3 is 2.87 bits per heavy atom. The summed E-state index contributed by atoms with van der Waals surface area (Å²) in [6, 6.07) is 1.99. The van der Waals surface area contributed by atoms with Gasteiger partial charge in [0.2, 0.25) is 5.91 Å². The second-order valence-electron chi connectivity index (χ2n) is 7.49. The molecular formula is C18H24N2O2S. The van der Waals surface area contributed by atoms with Crippen LogP contribution < -0.4 is 0 Å². The molecule has 124 valence electrons. The molecular weight excluding hydrogens is 308 g/mol. The lowest BCUT2D eigenvalue weighted by molar-refractivity contribution is -0.145. The third-order valence-corrected chi connectivity index (χ3v) is 6.70. The first kappa shape index (κ1) is 15.2. The Labute approximate surface area is 141 Å². The molecule has 1 aromatic heterocycles. The molecule has 1 aromatic rings. The quantitative estimate of drug-likeness (QED) is 0.854. The highest BCUT2D eigenvalue weighted by Crippen LogP contribution is 2.42. The summed E-state index contributed by atoms with van der Waals surface area (Å²) in [7, 11) is 0. The summed E-state index contributed by atoms with van der Waals surface area (Å²) in [5.41, 5.74) is 0.750. The summed E-state index contributed by atoms with van der Waals surface area (Å²) in [5, 5.41) is 1.97. The van der Waals surface area contributed by atoms with E-state index in [0.29, 0.717) is 12.5 Å². The Morgan fingerprint density at radius 2 is 2.17 bits per heavy atom. The molecule has 4 nitrogen and oxygen atoms in total. The Bertz CT molecular complexity index is 637. The molecule has 2 aliphatic heterocycles. The van der Waals surface area contributed by atoms with Gasteiger partial charge >= 0.3 is 0 Å². The van der Waals surface area contributed by atoms with Crippen LogP contribution in [0.3, 0.4) is 0 Å². The minimum atomic E-state index is -0.298. The van der Waals surface area contributed by atoms with E-state index in [1.807, 2.05) is 23.3 Å². The van der Waals surface area contributed by atoms with Gasteiger partial charge in [0.15, 0.2) is 0 Å². The maximum atomic E-state index is 13.0. The number of thiophene rings is 1. The van der Waals surface area contributed by atoms with Crippen molar-refractivity contribution in [1.82, 2.24) is 9.80 Å². The van der Waals surface area contributed by atoms with E-state index in [2.05, 4.69) is 4.90 Å². The average Bonchev–Trinajstić information content (AvgIpc) is 3.08. The van der Waals surface area contributed by atoms with E-state index in [0.717, 1.165) is 55.3 Å². The van der Waals surface area contributed by atoms with E-state index >= 15 is 0 Å². The minimum Gasteiger partial charge on any atom is -0.342 e. The molecule has 0 N–H and O–H groups in total. The number of rotatable bonds is 3. The monoisotopic (exact) mass is 332 g/mol. The number of carbonyl (C=O) groups excluding carboxylic acids is 2. The predicted molar refractivity (Wildman–Crippen MR) is 90.5 cm³/mol. The molecule has 0 aromatic carbocycles. The number of nitrogens with zero attached hydrogens (tertiary/aromatic N) is 2. The van der Waals surface area contributed by atoms with Crippen molar-refractivity contribution in [2.75, 3.05) is 26.2 Å². The number of likely N-dealkylation sites (tertiary alicyclic amines) is 2. The highest BCUT2D eigenvalue weighted by atomic mass is 32.1. The maximum Gasteiger partial charge on any atom is 0.264 e. The molecule has 1 saturated carbocycles. The SMILES string of the molecule is Cc1ccsc1C(=O)N1CC[C@]2(CCCN(CC3CC3)C2=O)C1. The average molecular weight is 332 g/mol. The standard InChI is InChI=1S/C18H24N2O2S/c1-13-5-10-23-15(13)16(21)20-9-7-18(12-20)6-2-8-19(17(18)22)11-14-3-4-14/h5,10,14H,2-4,6-9,11-12H2,1H3/t18-/m1/s1. The molecule has 23 heavy (non-hydrogen) atoms. The van der Waals surface area contributed by atoms with E-state index in [4.69, 9.17) is 0 Å². The molecule has 2 saturated heterocycles. The first-order chi connectivity index (χ1) is 11.1. The summed E-state index contributed by atoms with van der Waals surface area (Å²) in [6.07, 6.45) is 5.42. The Morgan fingerprint density at radius 1 is 1.35 bits per heavy atom. The molecule has 0 unspecified atom stereocenters. The Balaban J connectivity index is 1.48. The van der Waals surface area contributed by atoms with Crippen LogP contribution in [-0.2, 0) is 4.79 Å². The summed E-state index contributed by atoms with van der Waals surface area (Å²) in [5.74, 6) is 1.16. The minimum absolute atomic E-state index is 0.112. The lowest BCUT2D eigenvalue weighted by Crippen LogP contribution is -2.50. The Kier molecular flexibility index (Phi) is 3.71. The smallest absolute Gasteiger partial charge is 0.264 e. The van der Waals surface area contributed by atoms with E-state index < -0.39 is 0 Å². The van der Waals surface area contributed by atoms with Crippen LogP contribution in [0, 0.1) is 18.3 Å². The molecule has 3 fully saturated rings. The van der Waals surface area contributed by atoms with Crippen molar-refractivity contribution >= 4 is 23.2 Å². The number of piperidine rings is 1. The molecule has 4 rings (SSSR count). The number of hydrogen-bond donors (Lipinski definition) is 0. The summed E-state index contributed by atoms with van der Waals surface area (Å²) in [6.45, 7) is 5.18. The summed E-state index contributed by atoms with van der Waals surface area (Å²) in [4.78, 5) is 30.6. The fraction of sp³-hybridized carbons (Fsp3) is 0.667. The van der Waals surface area contributed by atoms with Crippen molar-refractivity contribution in [3.63, 3.8) is 0 Å². The lowest BCUT2D eigenvalue weighted by atomic mass is 9.78. The van der Waals surface area contributed by atoms with Gasteiger partial charge in [-0.15, -0.1) is 11.3 Å². The number of amides is 2. The van der Waals surface area contributed by atoms with Crippen molar-refractivity contribution in [1.29, 1.82) is 0 Å². The molecule has 0 radical (unpaired) electrons. The van der Waals surface area contributed by atoms with Crippen LogP contribution in [0.4, 0.5) is 0 Å². The van der Waals surface area contributed by atoms with Crippen molar-refractivity contribution in [2.24, 2.45) is 11.3 Å². The van der Waals surface area contributed by atoms with Crippen LogP contribution in [0.25, 0.3) is 0 Å². The third-order valence-electron chi connectivity index (χ3n) is 5.70. The van der Waals surface area contributed by atoms with Crippen molar-refractivity contribution in [3.05, 3.63) is 21.9 Å². The van der Waals surface area contributed by atoms with Gasteiger partial charge in [0.05, 0.1) is 10.3 Å². The second-order valence-corrected chi connectivity index (χ2v) is 8.40. The van der Waals surface area contributed by atoms with Crippen molar-refractivity contribution in [2.45, 2.75) is 39.0 Å².